The Balaban J connectivity index is 0.000000963. The maximum Gasteiger partial charge on any atom is 0.384 e. The number of hydrogen-bond acceptors (Lipinski definition) is 2. The summed E-state index contributed by atoms with van der Waals surface area (Å²) in [5.74, 6) is 0.443. The molecule has 0 fully saturated rings. The summed E-state index contributed by atoms with van der Waals surface area (Å²) in [6.07, 6.45) is 2.26. The van der Waals surface area contributed by atoms with Crippen LogP contribution in [0.5, 0.6) is 5.88 Å². The van der Waals surface area contributed by atoms with Crippen molar-refractivity contribution in [2.75, 3.05) is 0 Å². The summed E-state index contributed by atoms with van der Waals surface area (Å²) in [6, 6.07) is 10.1. The molecule has 0 atom stereocenters. The second kappa shape index (κ2) is 4.55. The molecule has 1 aliphatic rings. The van der Waals surface area contributed by atoms with Crippen LogP contribution in [0, 0.1) is 0 Å². The average molecular weight is 298 g/mol. The minimum Gasteiger partial charge on any atom is -1.00 e. The Labute approximate surface area is 109 Å². The van der Waals surface area contributed by atoms with Gasteiger partial charge in [0, 0.05) is 18.4 Å². The molecule has 1 aromatic carbocycles. The predicted octanol–water partition coefficient (Wildman–Crippen LogP) is -0.642. The van der Waals surface area contributed by atoms with Crippen molar-refractivity contribution in [2.24, 2.45) is 0 Å². The molecule has 0 aliphatic carbocycles. The Morgan fingerprint density at radius 2 is 1.94 bits per heavy atom. The molecule has 1 N–H and O–H groups in total. The van der Waals surface area contributed by atoms with Crippen LogP contribution in [0.2, 0.25) is 0 Å². The molecule has 0 bridgehead atoms. The first kappa shape index (κ1) is 11.6. The van der Waals surface area contributed by atoms with Crippen molar-refractivity contribution in [1.29, 1.82) is 0 Å². The summed E-state index contributed by atoms with van der Waals surface area (Å²) in [5, 5.41) is 11.4. The lowest BCUT2D eigenvalue weighted by atomic mass is 10.2. The largest absolute Gasteiger partial charge is 1.00 e. The van der Waals surface area contributed by atoms with Crippen LogP contribution in [-0.2, 0) is 13.0 Å². The van der Waals surface area contributed by atoms with Gasteiger partial charge >= 0.3 is 5.88 Å². The fraction of sp³-hybridized carbons (Fsp3) is 0.250. The molecule has 16 heavy (non-hydrogen) atoms. The maximum absolute atomic E-state index is 10.1. The van der Waals surface area contributed by atoms with Crippen LogP contribution < -0.4 is 21.5 Å². The molecule has 1 aromatic heterocycles. The van der Waals surface area contributed by atoms with Crippen molar-refractivity contribution in [3.63, 3.8) is 0 Å². The van der Waals surface area contributed by atoms with Gasteiger partial charge in [-0.25, -0.2) is 0 Å². The number of fused-ring (bicyclic) bond motifs is 1. The number of rotatable bonds is 1. The van der Waals surface area contributed by atoms with E-state index in [4.69, 9.17) is 0 Å². The first-order valence-corrected chi connectivity index (χ1v) is 5.98. The van der Waals surface area contributed by atoms with Gasteiger partial charge in [0.05, 0.1) is 0 Å². The van der Waals surface area contributed by atoms with E-state index in [0.29, 0.717) is 5.88 Å². The van der Waals surface area contributed by atoms with Crippen LogP contribution in [0.25, 0.3) is 10.4 Å². The first-order valence-electron chi connectivity index (χ1n) is 5.16. The van der Waals surface area contributed by atoms with Gasteiger partial charge in [0.1, 0.15) is 0 Å². The molecule has 0 spiro atoms. The number of hydrogen-bond donors (Lipinski definition) is 1. The van der Waals surface area contributed by atoms with E-state index in [1.165, 1.54) is 5.01 Å². The fourth-order valence-electron chi connectivity index (χ4n) is 2.04. The van der Waals surface area contributed by atoms with Crippen molar-refractivity contribution in [3.05, 3.63) is 35.3 Å². The van der Waals surface area contributed by atoms with E-state index in [1.54, 1.807) is 11.3 Å². The molecular formula is C12H12BrNOS. The molecule has 2 nitrogen and oxygen atoms in total. The molecule has 84 valence electrons. The van der Waals surface area contributed by atoms with E-state index >= 15 is 0 Å². The van der Waals surface area contributed by atoms with E-state index in [2.05, 4.69) is 0 Å². The van der Waals surface area contributed by atoms with E-state index in [1.807, 2.05) is 34.9 Å². The summed E-state index contributed by atoms with van der Waals surface area (Å²) in [6.45, 7) is 0.963. The monoisotopic (exact) mass is 297 g/mol. The van der Waals surface area contributed by atoms with Crippen molar-refractivity contribution >= 4 is 11.3 Å². The molecule has 2 heterocycles. The van der Waals surface area contributed by atoms with E-state index in [-0.39, 0.29) is 17.0 Å². The van der Waals surface area contributed by atoms with Crippen LogP contribution in [0.15, 0.2) is 30.3 Å². The SMILES string of the molecule is Oc1c(-c2ccccc2)sc2[n+]1CCC2.[Br-]. The topological polar surface area (TPSA) is 24.1 Å². The van der Waals surface area contributed by atoms with E-state index in [9.17, 15) is 5.11 Å². The fourth-order valence-corrected chi connectivity index (χ4v) is 3.27. The van der Waals surface area contributed by atoms with Gasteiger partial charge in [-0.15, -0.1) is 0 Å². The molecule has 0 amide bonds. The second-order valence-corrected chi connectivity index (χ2v) is 4.85. The third kappa shape index (κ3) is 1.76. The Morgan fingerprint density at radius 1 is 1.19 bits per heavy atom. The molecular weight excluding hydrogens is 286 g/mol. The molecule has 4 heteroatoms. The van der Waals surface area contributed by atoms with Crippen molar-refractivity contribution in [1.82, 2.24) is 0 Å². The number of aromatic hydroxyl groups is 1. The summed E-state index contributed by atoms with van der Waals surface area (Å²) >= 11 is 1.71. The highest BCUT2D eigenvalue weighted by Crippen LogP contribution is 2.35. The van der Waals surface area contributed by atoms with Crippen molar-refractivity contribution < 1.29 is 26.7 Å². The number of benzene rings is 1. The van der Waals surface area contributed by atoms with Crippen LogP contribution in [0.1, 0.15) is 11.4 Å². The lowest BCUT2D eigenvalue weighted by Crippen LogP contribution is -3.00. The summed E-state index contributed by atoms with van der Waals surface area (Å²) < 4.78 is 2.03. The molecule has 1 aliphatic heterocycles. The van der Waals surface area contributed by atoms with E-state index in [0.717, 1.165) is 29.8 Å². The van der Waals surface area contributed by atoms with Gasteiger partial charge in [0.2, 0.25) is 5.01 Å². The van der Waals surface area contributed by atoms with E-state index < -0.39 is 0 Å². The zero-order chi connectivity index (χ0) is 10.3. The number of halogens is 1. The molecule has 2 aromatic rings. The zero-order valence-corrected chi connectivity index (χ0v) is 11.1. The Bertz CT molecular complexity index is 495. The third-order valence-corrected chi connectivity index (χ3v) is 4.07. The summed E-state index contributed by atoms with van der Waals surface area (Å²) in [4.78, 5) is 1.00. The average Bonchev–Trinajstić information content (AvgIpc) is 2.83. The van der Waals surface area contributed by atoms with Gasteiger partial charge in [-0.2, -0.15) is 4.57 Å². The van der Waals surface area contributed by atoms with Crippen LogP contribution >= 0.6 is 11.3 Å². The van der Waals surface area contributed by atoms with Crippen molar-refractivity contribution in [3.8, 4) is 16.3 Å². The second-order valence-electron chi connectivity index (χ2n) is 3.77. The summed E-state index contributed by atoms with van der Waals surface area (Å²) in [7, 11) is 0. The van der Waals surface area contributed by atoms with Gasteiger partial charge in [-0.1, -0.05) is 41.7 Å². The molecule has 0 saturated heterocycles. The smallest absolute Gasteiger partial charge is 0.384 e. The van der Waals surface area contributed by atoms with Crippen LogP contribution in [-0.4, -0.2) is 5.11 Å². The molecule has 0 saturated carbocycles. The van der Waals surface area contributed by atoms with Gasteiger partial charge < -0.3 is 22.1 Å². The molecule has 0 radical (unpaired) electrons. The highest BCUT2D eigenvalue weighted by Gasteiger charge is 2.30. The quantitative estimate of drug-likeness (QED) is 0.696. The zero-order valence-electron chi connectivity index (χ0n) is 8.69. The standard InChI is InChI=1S/C12H11NOS.BrH/c14-12-11(9-5-2-1-3-6-9)15-10-7-4-8-13(10)12;/h1-3,5-6H,4,7-8H2;1H. The molecule has 3 rings (SSSR count). The number of thiazole rings is 1. The Morgan fingerprint density at radius 3 is 2.62 bits per heavy atom. The number of aromatic nitrogens is 1. The Kier molecular flexibility index (Phi) is 3.30. The molecule has 0 unspecified atom stereocenters. The third-order valence-electron chi connectivity index (χ3n) is 2.79. The number of nitrogens with zero attached hydrogens (tertiary/aromatic N) is 1. The van der Waals surface area contributed by atoms with Crippen LogP contribution in [0.3, 0.4) is 0 Å². The van der Waals surface area contributed by atoms with Crippen molar-refractivity contribution in [2.45, 2.75) is 19.4 Å². The predicted molar refractivity (Wildman–Crippen MR) is 59.9 cm³/mol. The van der Waals surface area contributed by atoms with Gasteiger partial charge in [-0.3, -0.25) is 0 Å². The van der Waals surface area contributed by atoms with Gasteiger partial charge in [-0.05, 0) is 0 Å². The van der Waals surface area contributed by atoms with Crippen LogP contribution in [0.4, 0.5) is 0 Å². The maximum atomic E-state index is 10.1. The highest BCUT2D eigenvalue weighted by atomic mass is 79.9. The van der Waals surface area contributed by atoms with Gasteiger partial charge in [0.25, 0.3) is 0 Å². The lowest BCUT2D eigenvalue weighted by molar-refractivity contribution is -0.691. The summed E-state index contributed by atoms with van der Waals surface area (Å²) in [5.41, 5.74) is 1.11. The minimum absolute atomic E-state index is 0. The minimum atomic E-state index is 0. The number of aryl methyl sites for hydroxylation is 1. The highest BCUT2D eigenvalue weighted by molar-refractivity contribution is 7.15. The Hall–Kier alpha value is -0.870. The normalized spacial score (nSPS) is 13.2. The van der Waals surface area contributed by atoms with Gasteiger partial charge in [0.15, 0.2) is 11.4 Å². The first-order chi connectivity index (χ1) is 7.36. The lowest BCUT2D eigenvalue weighted by Gasteiger charge is -1.94.